The number of nitrogens with zero attached hydrogens (tertiary/aromatic N) is 1. The second kappa shape index (κ2) is 13.4. The number of hydrogen-bond acceptors (Lipinski definition) is 3. The fraction of sp³-hybridized carbons (Fsp3) is 0.529. The first-order valence-electron chi connectivity index (χ1n) is 8.33. The molecule has 0 aromatic heterocycles. The third-order valence-corrected chi connectivity index (χ3v) is 3.23. The van der Waals surface area contributed by atoms with Crippen molar-refractivity contribution < 1.29 is 22.7 Å². The molecule has 0 aliphatic heterocycles. The van der Waals surface area contributed by atoms with E-state index in [1.807, 2.05) is 6.92 Å². The first-order valence-corrected chi connectivity index (χ1v) is 8.33. The molecule has 0 saturated carbocycles. The Hall–Kier alpha value is -1.72. The van der Waals surface area contributed by atoms with Gasteiger partial charge in [0.1, 0.15) is 5.75 Å². The van der Waals surface area contributed by atoms with Crippen molar-refractivity contribution >= 4 is 35.8 Å². The molecule has 0 saturated heterocycles. The molecule has 3 N–H and O–H groups in total. The lowest BCUT2D eigenvalue weighted by Gasteiger charge is -2.13. The SMILES string of the molecule is CCCNC(=O)CCNC(=NC)NCc1ccc(OCC(F)(F)F)cc1.I. The van der Waals surface area contributed by atoms with Crippen LogP contribution in [0.15, 0.2) is 29.3 Å². The van der Waals surface area contributed by atoms with E-state index in [-0.39, 0.29) is 35.6 Å². The summed E-state index contributed by atoms with van der Waals surface area (Å²) in [6.45, 7) is 2.21. The van der Waals surface area contributed by atoms with Gasteiger partial charge in [0.25, 0.3) is 0 Å². The predicted molar refractivity (Wildman–Crippen MR) is 110 cm³/mol. The number of carbonyl (C=O) groups is 1. The molecule has 0 bridgehead atoms. The Labute approximate surface area is 174 Å². The van der Waals surface area contributed by atoms with Crippen LogP contribution >= 0.6 is 24.0 Å². The number of benzene rings is 1. The maximum absolute atomic E-state index is 12.1. The number of amides is 1. The number of carbonyl (C=O) groups excluding carboxylic acids is 1. The summed E-state index contributed by atoms with van der Waals surface area (Å²) in [7, 11) is 1.61. The van der Waals surface area contributed by atoms with Gasteiger partial charge in [-0.3, -0.25) is 9.79 Å². The van der Waals surface area contributed by atoms with Gasteiger partial charge >= 0.3 is 6.18 Å². The van der Waals surface area contributed by atoms with Crippen molar-refractivity contribution in [3.63, 3.8) is 0 Å². The van der Waals surface area contributed by atoms with E-state index in [0.29, 0.717) is 32.0 Å². The van der Waals surface area contributed by atoms with E-state index < -0.39 is 12.8 Å². The lowest BCUT2D eigenvalue weighted by molar-refractivity contribution is -0.153. The van der Waals surface area contributed by atoms with Crippen LogP contribution in [0.5, 0.6) is 5.75 Å². The van der Waals surface area contributed by atoms with Crippen LogP contribution in [0.3, 0.4) is 0 Å². The molecule has 0 spiro atoms. The minimum absolute atomic E-state index is 0. The van der Waals surface area contributed by atoms with Crippen molar-refractivity contribution in [2.75, 3.05) is 26.7 Å². The van der Waals surface area contributed by atoms with Gasteiger partial charge in [-0.05, 0) is 24.1 Å². The molecule has 0 aliphatic rings. The van der Waals surface area contributed by atoms with E-state index in [1.54, 1.807) is 19.2 Å². The van der Waals surface area contributed by atoms with Crippen LogP contribution in [0, 0.1) is 0 Å². The maximum Gasteiger partial charge on any atom is 0.422 e. The predicted octanol–water partition coefficient (Wildman–Crippen LogP) is 2.83. The van der Waals surface area contributed by atoms with Crippen molar-refractivity contribution in [1.82, 2.24) is 16.0 Å². The molecule has 0 aliphatic carbocycles. The lowest BCUT2D eigenvalue weighted by Crippen LogP contribution is -2.39. The molecule has 6 nitrogen and oxygen atoms in total. The number of guanidine groups is 1. The number of aliphatic imine (C=N–C) groups is 1. The first kappa shape index (κ1) is 25.3. The molecule has 0 unspecified atom stereocenters. The van der Waals surface area contributed by atoms with E-state index in [1.165, 1.54) is 12.1 Å². The van der Waals surface area contributed by atoms with Gasteiger partial charge < -0.3 is 20.7 Å². The topological polar surface area (TPSA) is 74.8 Å². The van der Waals surface area contributed by atoms with E-state index in [2.05, 4.69) is 25.7 Å². The van der Waals surface area contributed by atoms with Crippen molar-refractivity contribution in [3.8, 4) is 5.75 Å². The number of alkyl halides is 3. The molecule has 1 aromatic carbocycles. The second-order valence-electron chi connectivity index (χ2n) is 5.50. The monoisotopic (exact) mass is 502 g/mol. The number of rotatable bonds is 9. The molecule has 0 fully saturated rings. The smallest absolute Gasteiger partial charge is 0.422 e. The van der Waals surface area contributed by atoms with Crippen molar-refractivity contribution in [2.45, 2.75) is 32.5 Å². The van der Waals surface area contributed by atoms with E-state index >= 15 is 0 Å². The largest absolute Gasteiger partial charge is 0.484 e. The van der Waals surface area contributed by atoms with Crippen LogP contribution in [0.25, 0.3) is 0 Å². The highest BCUT2D eigenvalue weighted by Gasteiger charge is 2.28. The molecule has 0 atom stereocenters. The normalized spacial score (nSPS) is 11.4. The fourth-order valence-corrected chi connectivity index (χ4v) is 1.92. The van der Waals surface area contributed by atoms with Crippen LogP contribution < -0.4 is 20.7 Å². The second-order valence-corrected chi connectivity index (χ2v) is 5.50. The van der Waals surface area contributed by atoms with Crippen molar-refractivity contribution in [1.29, 1.82) is 0 Å². The van der Waals surface area contributed by atoms with Gasteiger partial charge in [0.2, 0.25) is 5.91 Å². The molecule has 1 aromatic rings. The van der Waals surface area contributed by atoms with Crippen molar-refractivity contribution in [2.24, 2.45) is 4.99 Å². The van der Waals surface area contributed by atoms with E-state index in [4.69, 9.17) is 0 Å². The lowest BCUT2D eigenvalue weighted by atomic mass is 10.2. The summed E-state index contributed by atoms with van der Waals surface area (Å²) in [5.41, 5.74) is 0.855. The van der Waals surface area contributed by atoms with Crippen LogP contribution in [-0.2, 0) is 11.3 Å². The number of ether oxygens (including phenoxy) is 1. The minimum atomic E-state index is -4.36. The molecule has 1 rings (SSSR count). The Kier molecular flexibility index (Phi) is 12.6. The number of hydrogen-bond donors (Lipinski definition) is 3. The standard InChI is InChI=1S/C17H25F3N4O2.HI/c1-3-9-22-15(25)8-10-23-16(21-2)24-11-13-4-6-14(7-5-13)26-12-17(18,19)20;/h4-7H,3,8-12H2,1-2H3,(H,22,25)(H2,21,23,24);1H. The Bertz CT molecular complexity index is 581. The molecular weight excluding hydrogens is 476 g/mol. The fourth-order valence-electron chi connectivity index (χ4n) is 1.92. The van der Waals surface area contributed by atoms with Crippen LogP contribution in [-0.4, -0.2) is 44.8 Å². The van der Waals surface area contributed by atoms with Gasteiger partial charge in [0.15, 0.2) is 12.6 Å². The highest BCUT2D eigenvalue weighted by molar-refractivity contribution is 14.0. The Morgan fingerprint density at radius 3 is 2.33 bits per heavy atom. The molecular formula is C17H26F3IN4O2. The Balaban J connectivity index is 0.00000676. The van der Waals surface area contributed by atoms with Gasteiger partial charge in [0, 0.05) is 33.1 Å². The summed E-state index contributed by atoms with van der Waals surface area (Å²) >= 11 is 0. The third-order valence-electron chi connectivity index (χ3n) is 3.23. The van der Waals surface area contributed by atoms with Crippen molar-refractivity contribution in [3.05, 3.63) is 29.8 Å². The average Bonchev–Trinajstić information content (AvgIpc) is 2.61. The summed E-state index contributed by atoms with van der Waals surface area (Å²) in [5, 5.41) is 8.87. The summed E-state index contributed by atoms with van der Waals surface area (Å²) in [6, 6.07) is 6.31. The number of nitrogens with one attached hydrogen (secondary N) is 3. The van der Waals surface area contributed by atoms with Gasteiger partial charge in [-0.1, -0.05) is 19.1 Å². The van der Waals surface area contributed by atoms with Gasteiger partial charge in [-0.2, -0.15) is 13.2 Å². The Morgan fingerprint density at radius 1 is 1.11 bits per heavy atom. The highest BCUT2D eigenvalue weighted by Crippen LogP contribution is 2.18. The average molecular weight is 502 g/mol. The summed E-state index contributed by atoms with van der Waals surface area (Å²) in [6.07, 6.45) is -3.12. The van der Waals surface area contributed by atoms with Crippen LogP contribution in [0.2, 0.25) is 0 Å². The highest BCUT2D eigenvalue weighted by atomic mass is 127. The summed E-state index contributed by atoms with van der Waals surface area (Å²) in [4.78, 5) is 15.6. The van der Waals surface area contributed by atoms with E-state index in [0.717, 1.165) is 12.0 Å². The maximum atomic E-state index is 12.1. The molecule has 0 radical (unpaired) electrons. The number of halogens is 4. The first-order chi connectivity index (χ1) is 12.3. The zero-order chi connectivity index (χ0) is 19.4. The Morgan fingerprint density at radius 2 is 1.78 bits per heavy atom. The molecule has 154 valence electrons. The third kappa shape index (κ3) is 12.3. The van der Waals surface area contributed by atoms with Gasteiger partial charge in [0.05, 0.1) is 0 Å². The molecule has 0 heterocycles. The van der Waals surface area contributed by atoms with Crippen LogP contribution in [0.4, 0.5) is 13.2 Å². The molecule has 27 heavy (non-hydrogen) atoms. The quantitative estimate of drug-likeness (QED) is 0.276. The van der Waals surface area contributed by atoms with Crippen LogP contribution in [0.1, 0.15) is 25.3 Å². The van der Waals surface area contributed by atoms with Gasteiger partial charge in [-0.25, -0.2) is 0 Å². The van der Waals surface area contributed by atoms with Gasteiger partial charge in [-0.15, -0.1) is 24.0 Å². The zero-order valence-electron chi connectivity index (χ0n) is 15.4. The summed E-state index contributed by atoms with van der Waals surface area (Å²) in [5.74, 6) is 0.668. The molecule has 10 heteroatoms. The minimum Gasteiger partial charge on any atom is -0.484 e. The summed E-state index contributed by atoms with van der Waals surface area (Å²) < 4.78 is 41.0. The van der Waals surface area contributed by atoms with E-state index in [9.17, 15) is 18.0 Å². The zero-order valence-corrected chi connectivity index (χ0v) is 17.7. The molecule has 1 amide bonds.